The van der Waals surface area contributed by atoms with E-state index in [0.717, 1.165) is 43.0 Å². The van der Waals surface area contributed by atoms with Crippen molar-refractivity contribution in [3.63, 3.8) is 0 Å². The number of rotatable bonds is 4. The molecular formula is C22H29N3O. The van der Waals surface area contributed by atoms with Crippen molar-refractivity contribution >= 4 is 17.3 Å². The van der Waals surface area contributed by atoms with Gasteiger partial charge in [-0.3, -0.25) is 9.69 Å². The highest BCUT2D eigenvalue weighted by Gasteiger charge is 2.19. The van der Waals surface area contributed by atoms with E-state index in [0.29, 0.717) is 6.54 Å². The zero-order valence-corrected chi connectivity index (χ0v) is 16.3. The molecule has 1 saturated heterocycles. The predicted octanol–water partition coefficient (Wildman–Crippen LogP) is 3.68. The molecule has 1 amide bonds. The first-order valence-electron chi connectivity index (χ1n) is 9.34. The monoisotopic (exact) mass is 351 g/mol. The van der Waals surface area contributed by atoms with Gasteiger partial charge in [-0.2, -0.15) is 0 Å². The van der Waals surface area contributed by atoms with Gasteiger partial charge in [0.05, 0.1) is 6.54 Å². The van der Waals surface area contributed by atoms with E-state index < -0.39 is 0 Å². The minimum absolute atomic E-state index is 0.0730. The van der Waals surface area contributed by atoms with Gasteiger partial charge in [0.15, 0.2) is 0 Å². The Balaban J connectivity index is 1.53. The van der Waals surface area contributed by atoms with Gasteiger partial charge in [-0.15, -0.1) is 0 Å². The van der Waals surface area contributed by atoms with Crippen LogP contribution in [0.3, 0.4) is 0 Å². The van der Waals surface area contributed by atoms with E-state index in [4.69, 9.17) is 0 Å². The number of aryl methyl sites for hydroxylation is 4. The average molecular weight is 351 g/mol. The average Bonchev–Trinajstić information content (AvgIpc) is 2.59. The second-order valence-corrected chi connectivity index (χ2v) is 7.42. The minimum atomic E-state index is 0.0730. The smallest absolute Gasteiger partial charge is 0.238 e. The lowest BCUT2D eigenvalue weighted by Crippen LogP contribution is -2.48. The molecule has 26 heavy (non-hydrogen) atoms. The van der Waals surface area contributed by atoms with E-state index in [9.17, 15) is 4.79 Å². The molecule has 2 aromatic carbocycles. The fourth-order valence-corrected chi connectivity index (χ4v) is 3.68. The molecule has 2 aromatic rings. The predicted molar refractivity (Wildman–Crippen MR) is 109 cm³/mol. The van der Waals surface area contributed by atoms with Crippen LogP contribution in [0.2, 0.25) is 0 Å². The molecule has 1 aliphatic heterocycles. The van der Waals surface area contributed by atoms with Crippen molar-refractivity contribution in [2.24, 2.45) is 0 Å². The second kappa shape index (κ2) is 7.92. The lowest BCUT2D eigenvalue weighted by atomic mass is 10.1. The number of amides is 1. The third kappa shape index (κ3) is 4.44. The summed E-state index contributed by atoms with van der Waals surface area (Å²) in [5.41, 5.74) is 6.99. The van der Waals surface area contributed by atoms with Gasteiger partial charge in [0.25, 0.3) is 0 Å². The van der Waals surface area contributed by atoms with E-state index in [2.05, 4.69) is 79.2 Å². The highest BCUT2D eigenvalue weighted by molar-refractivity contribution is 5.93. The topological polar surface area (TPSA) is 35.6 Å². The highest BCUT2D eigenvalue weighted by Crippen LogP contribution is 2.22. The molecule has 0 saturated carbocycles. The third-order valence-corrected chi connectivity index (χ3v) is 5.08. The number of carbonyl (C=O) groups excluding carboxylic acids is 1. The van der Waals surface area contributed by atoms with E-state index >= 15 is 0 Å². The Hall–Kier alpha value is -2.33. The van der Waals surface area contributed by atoms with Gasteiger partial charge in [-0.05, 0) is 51.0 Å². The summed E-state index contributed by atoms with van der Waals surface area (Å²) in [5, 5.41) is 3.11. The Morgan fingerprint density at radius 3 is 2.04 bits per heavy atom. The normalized spacial score (nSPS) is 15.2. The molecule has 1 aliphatic rings. The van der Waals surface area contributed by atoms with Crippen molar-refractivity contribution in [1.29, 1.82) is 0 Å². The third-order valence-electron chi connectivity index (χ3n) is 5.08. The Morgan fingerprint density at radius 2 is 1.46 bits per heavy atom. The quantitative estimate of drug-likeness (QED) is 0.913. The van der Waals surface area contributed by atoms with Gasteiger partial charge in [0.1, 0.15) is 0 Å². The molecule has 1 heterocycles. The summed E-state index contributed by atoms with van der Waals surface area (Å²) < 4.78 is 0. The van der Waals surface area contributed by atoms with Crippen LogP contribution in [0.5, 0.6) is 0 Å². The first kappa shape index (κ1) is 18.5. The van der Waals surface area contributed by atoms with Crippen molar-refractivity contribution in [1.82, 2.24) is 4.90 Å². The molecule has 1 fully saturated rings. The van der Waals surface area contributed by atoms with Crippen LogP contribution in [0.4, 0.5) is 11.4 Å². The number of nitrogens with zero attached hydrogens (tertiary/aromatic N) is 2. The molecule has 0 spiro atoms. The number of piperazine rings is 1. The summed E-state index contributed by atoms with van der Waals surface area (Å²) in [6.45, 7) is 12.5. The highest BCUT2D eigenvalue weighted by atomic mass is 16.2. The van der Waals surface area contributed by atoms with Crippen molar-refractivity contribution in [3.8, 4) is 0 Å². The number of nitrogens with one attached hydrogen (secondary N) is 1. The molecule has 0 aromatic heterocycles. The van der Waals surface area contributed by atoms with Gasteiger partial charge < -0.3 is 10.2 Å². The maximum Gasteiger partial charge on any atom is 0.238 e. The van der Waals surface area contributed by atoms with Crippen LogP contribution in [0.25, 0.3) is 0 Å². The molecule has 0 bridgehead atoms. The summed E-state index contributed by atoms with van der Waals surface area (Å²) in [6, 6.07) is 12.9. The minimum Gasteiger partial charge on any atom is -0.369 e. The van der Waals surface area contributed by atoms with Crippen LogP contribution in [0, 0.1) is 27.7 Å². The maximum absolute atomic E-state index is 12.5. The van der Waals surface area contributed by atoms with Gasteiger partial charge in [0.2, 0.25) is 5.91 Å². The number of anilines is 2. The maximum atomic E-state index is 12.5. The molecule has 4 heteroatoms. The standard InChI is InChI=1S/C22H29N3O/c1-16-5-7-20(8-6-16)25-11-9-24(10-12-25)15-21(26)23-22-18(3)13-17(2)14-19(22)4/h5-8,13-14H,9-12,15H2,1-4H3,(H,23,26). The van der Waals surface area contributed by atoms with Crippen LogP contribution in [-0.2, 0) is 4.79 Å². The summed E-state index contributed by atoms with van der Waals surface area (Å²) in [6.07, 6.45) is 0. The molecule has 4 nitrogen and oxygen atoms in total. The Kier molecular flexibility index (Phi) is 5.62. The summed E-state index contributed by atoms with van der Waals surface area (Å²) in [4.78, 5) is 17.1. The fraction of sp³-hybridized carbons (Fsp3) is 0.409. The van der Waals surface area contributed by atoms with Crippen LogP contribution in [0.15, 0.2) is 36.4 Å². The fourth-order valence-electron chi connectivity index (χ4n) is 3.68. The van der Waals surface area contributed by atoms with Crippen LogP contribution in [-0.4, -0.2) is 43.5 Å². The van der Waals surface area contributed by atoms with Gasteiger partial charge in [-0.1, -0.05) is 35.4 Å². The molecule has 3 rings (SSSR count). The molecule has 0 atom stereocenters. The number of benzene rings is 2. The molecule has 0 unspecified atom stereocenters. The van der Waals surface area contributed by atoms with Crippen molar-refractivity contribution in [2.45, 2.75) is 27.7 Å². The van der Waals surface area contributed by atoms with E-state index in [1.807, 2.05) is 0 Å². The zero-order valence-electron chi connectivity index (χ0n) is 16.3. The van der Waals surface area contributed by atoms with Crippen LogP contribution in [0.1, 0.15) is 22.3 Å². The molecule has 0 radical (unpaired) electrons. The molecule has 0 aliphatic carbocycles. The molecule has 1 N–H and O–H groups in total. The number of carbonyl (C=O) groups is 1. The first-order valence-corrected chi connectivity index (χ1v) is 9.34. The number of hydrogen-bond donors (Lipinski definition) is 1. The van der Waals surface area contributed by atoms with Crippen molar-refractivity contribution in [2.75, 3.05) is 42.9 Å². The summed E-state index contributed by atoms with van der Waals surface area (Å²) >= 11 is 0. The van der Waals surface area contributed by atoms with Crippen LogP contribution < -0.4 is 10.2 Å². The largest absolute Gasteiger partial charge is 0.369 e. The van der Waals surface area contributed by atoms with Crippen LogP contribution >= 0.6 is 0 Å². The molecular weight excluding hydrogens is 322 g/mol. The van der Waals surface area contributed by atoms with E-state index in [-0.39, 0.29) is 5.91 Å². The van der Waals surface area contributed by atoms with Gasteiger partial charge >= 0.3 is 0 Å². The summed E-state index contributed by atoms with van der Waals surface area (Å²) in [7, 11) is 0. The van der Waals surface area contributed by atoms with Crippen molar-refractivity contribution < 1.29 is 4.79 Å². The summed E-state index contributed by atoms with van der Waals surface area (Å²) in [5.74, 6) is 0.0730. The Labute approximate surface area is 156 Å². The zero-order chi connectivity index (χ0) is 18.7. The Bertz CT molecular complexity index is 751. The van der Waals surface area contributed by atoms with Gasteiger partial charge in [-0.25, -0.2) is 0 Å². The lowest BCUT2D eigenvalue weighted by molar-refractivity contribution is -0.117. The van der Waals surface area contributed by atoms with E-state index in [1.54, 1.807) is 0 Å². The lowest BCUT2D eigenvalue weighted by Gasteiger charge is -2.35. The van der Waals surface area contributed by atoms with Crippen molar-refractivity contribution in [3.05, 3.63) is 58.7 Å². The SMILES string of the molecule is Cc1ccc(N2CCN(CC(=O)Nc3c(C)cc(C)cc3C)CC2)cc1. The first-order chi connectivity index (χ1) is 12.4. The molecule has 138 valence electrons. The van der Waals surface area contributed by atoms with E-state index in [1.165, 1.54) is 16.8 Å². The number of hydrogen-bond acceptors (Lipinski definition) is 3. The second-order valence-electron chi connectivity index (χ2n) is 7.42. The van der Waals surface area contributed by atoms with Gasteiger partial charge in [0, 0.05) is 37.6 Å². The Morgan fingerprint density at radius 1 is 0.885 bits per heavy atom.